The summed E-state index contributed by atoms with van der Waals surface area (Å²) in [6.07, 6.45) is -6.36. The van der Waals surface area contributed by atoms with Gasteiger partial charge in [-0.25, -0.2) is 4.99 Å². The van der Waals surface area contributed by atoms with Gasteiger partial charge in [-0.3, -0.25) is 0 Å². The van der Waals surface area contributed by atoms with Crippen LogP contribution in [0.25, 0.3) is 0 Å². The van der Waals surface area contributed by atoms with Crippen LogP contribution in [0.4, 0.5) is 13.2 Å². The molecular weight excluding hydrogens is 193 g/mol. The lowest BCUT2D eigenvalue weighted by Gasteiger charge is -2.21. The Balaban J connectivity index is 2.84. The van der Waals surface area contributed by atoms with Gasteiger partial charge in [0.25, 0.3) is 0 Å². The van der Waals surface area contributed by atoms with Gasteiger partial charge in [0.15, 0.2) is 5.11 Å². The lowest BCUT2D eigenvalue weighted by atomic mass is 10.2. The molecule has 0 aromatic carbocycles. The molecule has 0 aliphatic carbocycles. The average Bonchev–Trinajstić information content (AvgIpc) is 1.82. The normalized spacial score (nSPS) is 24.8. The van der Waals surface area contributed by atoms with E-state index in [2.05, 4.69) is 22.5 Å². The third kappa shape index (κ3) is 2.15. The van der Waals surface area contributed by atoms with Gasteiger partial charge in [0, 0.05) is 6.42 Å². The molecule has 1 rings (SSSR count). The van der Waals surface area contributed by atoms with Crippen LogP contribution in [-0.4, -0.2) is 28.3 Å². The molecule has 0 saturated carbocycles. The fourth-order valence-corrected chi connectivity index (χ4v) is 1.00. The maximum Gasteiger partial charge on any atom is 0.429 e. The highest BCUT2D eigenvalue weighted by Crippen LogP contribution is 2.21. The first-order valence-electron chi connectivity index (χ1n) is 3.03. The average molecular weight is 198 g/mol. The molecule has 1 aliphatic rings. The standard InChI is InChI=1S/C5H5F3N2OS/c6-5(7,8)2-1-3(11)10-4(12)9-2/h3,11H,1H2,(H,10,12). The summed E-state index contributed by atoms with van der Waals surface area (Å²) in [6.45, 7) is 0. The van der Waals surface area contributed by atoms with Crippen molar-refractivity contribution in [2.45, 2.75) is 18.8 Å². The van der Waals surface area contributed by atoms with E-state index in [-0.39, 0.29) is 5.11 Å². The molecule has 0 spiro atoms. The predicted molar refractivity (Wildman–Crippen MR) is 39.8 cm³/mol. The van der Waals surface area contributed by atoms with Gasteiger partial charge in [-0.2, -0.15) is 13.2 Å². The van der Waals surface area contributed by atoms with Crippen LogP contribution in [0.2, 0.25) is 0 Å². The van der Waals surface area contributed by atoms with E-state index in [1.165, 1.54) is 0 Å². The molecule has 2 N–H and O–H groups in total. The number of nitrogens with zero attached hydrogens (tertiary/aromatic N) is 1. The van der Waals surface area contributed by atoms with Crippen molar-refractivity contribution in [3.05, 3.63) is 0 Å². The van der Waals surface area contributed by atoms with Gasteiger partial charge in [0.05, 0.1) is 0 Å². The van der Waals surface area contributed by atoms with Crippen LogP contribution in [-0.2, 0) is 0 Å². The number of aliphatic hydroxyl groups is 1. The molecule has 0 radical (unpaired) electrons. The summed E-state index contributed by atoms with van der Waals surface area (Å²) < 4.78 is 35.9. The number of alkyl halides is 3. The van der Waals surface area contributed by atoms with Gasteiger partial charge < -0.3 is 10.4 Å². The SMILES string of the molecule is OC1CC(C(F)(F)F)=NC(=S)N1. The van der Waals surface area contributed by atoms with E-state index in [0.717, 1.165) is 0 Å². The zero-order valence-corrected chi connectivity index (χ0v) is 6.54. The van der Waals surface area contributed by atoms with E-state index in [0.29, 0.717) is 0 Å². The van der Waals surface area contributed by atoms with Crippen molar-refractivity contribution in [3.8, 4) is 0 Å². The topological polar surface area (TPSA) is 44.6 Å². The van der Waals surface area contributed by atoms with Crippen molar-refractivity contribution in [3.63, 3.8) is 0 Å². The molecule has 1 unspecified atom stereocenters. The quantitative estimate of drug-likeness (QED) is 0.560. The molecule has 1 atom stereocenters. The fraction of sp³-hybridized carbons (Fsp3) is 0.600. The van der Waals surface area contributed by atoms with E-state index in [9.17, 15) is 13.2 Å². The van der Waals surface area contributed by atoms with Crippen LogP contribution < -0.4 is 5.32 Å². The maximum absolute atomic E-state index is 12.0. The van der Waals surface area contributed by atoms with E-state index >= 15 is 0 Å². The van der Waals surface area contributed by atoms with Crippen molar-refractivity contribution in [1.29, 1.82) is 0 Å². The molecule has 7 heteroatoms. The van der Waals surface area contributed by atoms with Crippen LogP contribution in [0.15, 0.2) is 4.99 Å². The summed E-state index contributed by atoms with van der Waals surface area (Å²) in [4.78, 5) is 3.06. The second-order valence-electron chi connectivity index (χ2n) is 2.23. The Morgan fingerprint density at radius 3 is 2.58 bits per heavy atom. The van der Waals surface area contributed by atoms with E-state index in [4.69, 9.17) is 5.11 Å². The second kappa shape index (κ2) is 2.98. The van der Waals surface area contributed by atoms with Gasteiger partial charge in [-0.05, 0) is 12.2 Å². The monoisotopic (exact) mass is 198 g/mol. The zero-order valence-electron chi connectivity index (χ0n) is 5.72. The Hall–Kier alpha value is -0.690. The summed E-state index contributed by atoms with van der Waals surface area (Å²) in [6, 6.07) is 0. The first kappa shape index (κ1) is 9.40. The molecular formula is C5H5F3N2OS. The number of rotatable bonds is 0. The van der Waals surface area contributed by atoms with Gasteiger partial charge >= 0.3 is 6.18 Å². The molecule has 0 aromatic heterocycles. The predicted octanol–water partition coefficient (Wildman–Crippen LogP) is 0.586. The lowest BCUT2D eigenvalue weighted by Crippen LogP contribution is -2.43. The number of hydrogen-bond donors (Lipinski definition) is 2. The summed E-state index contributed by atoms with van der Waals surface area (Å²) in [5, 5.41) is 10.7. The minimum Gasteiger partial charge on any atom is -0.373 e. The summed E-state index contributed by atoms with van der Waals surface area (Å²) in [5.41, 5.74) is -1.04. The first-order chi connectivity index (χ1) is 5.39. The minimum atomic E-state index is -4.51. The molecule has 0 saturated heterocycles. The highest BCUT2D eigenvalue weighted by molar-refractivity contribution is 7.80. The van der Waals surface area contributed by atoms with Crippen LogP contribution in [0, 0.1) is 0 Å². The molecule has 0 bridgehead atoms. The third-order valence-electron chi connectivity index (χ3n) is 1.24. The van der Waals surface area contributed by atoms with E-state index in [1.807, 2.05) is 0 Å². The van der Waals surface area contributed by atoms with Crippen molar-refractivity contribution >= 4 is 23.0 Å². The molecule has 1 heterocycles. The zero-order chi connectivity index (χ0) is 9.35. The van der Waals surface area contributed by atoms with Gasteiger partial charge in [0.1, 0.15) is 11.9 Å². The van der Waals surface area contributed by atoms with Crippen molar-refractivity contribution in [2.75, 3.05) is 0 Å². The Kier molecular flexibility index (Phi) is 2.34. The fourth-order valence-electron chi connectivity index (χ4n) is 0.756. The number of aliphatic imine (C=N–C) groups is 1. The Morgan fingerprint density at radius 1 is 1.58 bits per heavy atom. The lowest BCUT2D eigenvalue weighted by molar-refractivity contribution is -0.0628. The number of hydrogen-bond acceptors (Lipinski definition) is 2. The van der Waals surface area contributed by atoms with Crippen molar-refractivity contribution in [1.82, 2.24) is 5.32 Å². The summed E-state index contributed by atoms with van der Waals surface area (Å²) in [5.74, 6) is 0. The Labute approximate surface area is 71.3 Å². The van der Waals surface area contributed by atoms with Crippen LogP contribution >= 0.6 is 12.2 Å². The maximum atomic E-state index is 12.0. The molecule has 0 fully saturated rings. The minimum absolute atomic E-state index is 0.332. The number of thiocarbonyl (C=S) groups is 1. The second-order valence-corrected chi connectivity index (χ2v) is 2.61. The number of aliphatic hydroxyl groups excluding tert-OH is 1. The number of halogens is 3. The highest BCUT2D eigenvalue weighted by atomic mass is 32.1. The highest BCUT2D eigenvalue weighted by Gasteiger charge is 2.38. The van der Waals surface area contributed by atoms with Gasteiger partial charge in [0.2, 0.25) is 0 Å². The van der Waals surface area contributed by atoms with Crippen LogP contribution in [0.5, 0.6) is 0 Å². The molecule has 0 amide bonds. The largest absolute Gasteiger partial charge is 0.429 e. The third-order valence-corrected chi connectivity index (χ3v) is 1.45. The Morgan fingerprint density at radius 2 is 2.17 bits per heavy atom. The van der Waals surface area contributed by atoms with Crippen molar-refractivity contribution < 1.29 is 18.3 Å². The first-order valence-corrected chi connectivity index (χ1v) is 3.44. The summed E-state index contributed by atoms with van der Waals surface area (Å²) in [7, 11) is 0. The van der Waals surface area contributed by atoms with E-state index < -0.39 is 24.5 Å². The summed E-state index contributed by atoms with van der Waals surface area (Å²) >= 11 is 4.37. The Bertz CT molecular complexity index is 237. The molecule has 0 aromatic rings. The van der Waals surface area contributed by atoms with Crippen molar-refractivity contribution in [2.24, 2.45) is 4.99 Å². The van der Waals surface area contributed by atoms with Gasteiger partial charge in [-0.1, -0.05) is 0 Å². The molecule has 3 nitrogen and oxygen atoms in total. The molecule has 12 heavy (non-hydrogen) atoms. The van der Waals surface area contributed by atoms with Crippen LogP contribution in [0.3, 0.4) is 0 Å². The smallest absolute Gasteiger partial charge is 0.373 e. The molecule has 68 valence electrons. The number of nitrogens with one attached hydrogen (secondary N) is 1. The molecule has 1 aliphatic heterocycles. The van der Waals surface area contributed by atoms with Gasteiger partial charge in [-0.15, -0.1) is 0 Å². The van der Waals surface area contributed by atoms with E-state index in [1.54, 1.807) is 0 Å². The van der Waals surface area contributed by atoms with Crippen LogP contribution in [0.1, 0.15) is 6.42 Å².